The summed E-state index contributed by atoms with van der Waals surface area (Å²) in [6, 6.07) is 11.6. The normalized spacial score (nSPS) is 17.8. The van der Waals surface area contributed by atoms with Crippen molar-refractivity contribution in [3.63, 3.8) is 0 Å². The van der Waals surface area contributed by atoms with Crippen molar-refractivity contribution < 1.29 is 23.5 Å². The van der Waals surface area contributed by atoms with Gasteiger partial charge < -0.3 is 19.6 Å². The van der Waals surface area contributed by atoms with E-state index >= 15 is 0 Å². The molecule has 2 aliphatic rings. The van der Waals surface area contributed by atoms with Crippen molar-refractivity contribution in [3.8, 4) is 11.5 Å². The average Bonchev–Trinajstić information content (AvgIpc) is 3.29. The molecule has 25 heavy (non-hydrogen) atoms. The third-order valence-electron chi connectivity index (χ3n) is 4.05. The van der Waals surface area contributed by atoms with Crippen molar-refractivity contribution in [2.75, 3.05) is 6.79 Å². The van der Waals surface area contributed by atoms with E-state index < -0.39 is 6.10 Å². The number of fused-ring (bicyclic) bond motifs is 1. The molecule has 2 heterocycles. The summed E-state index contributed by atoms with van der Waals surface area (Å²) in [5.74, 6) is 0.673. The van der Waals surface area contributed by atoms with Gasteiger partial charge in [-0.3, -0.25) is 4.79 Å². The van der Waals surface area contributed by atoms with Gasteiger partial charge in [0.2, 0.25) is 12.9 Å². The van der Waals surface area contributed by atoms with Crippen LogP contribution in [0.1, 0.15) is 17.5 Å². The first-order chi connectivity index (χ1) is 12.2. The maximum absolute atomic E-state index is 13.3. The number of carbonyl (C=O) groups excluding carboxylic acids is 1. The van der Waals surface area contributed by atoms with Gasteiger partial charge in [-0.15, -0.1) is 0 Å². The van der Waals surface area contributed by atoms with Crippen LogP contribution in [0.5, 0.6) is 11.5 Å². The SMILES string of the molecule is O=C(NCc1cccc2c1OCO2)[C@@H]1CC(c2cccc(F)c2)=NO1. The molecule has 2 aromatic rings. The molecule has 128 valence electrons. The molecule has 0 fully saturated rings. The highest BCUT2D eigenvalue weighted by atomic mass is 19.1. The molecule has 0 spiro atoms. The fourth-order valence-electron chi connectivity index (χ4n) is 2.78. The Morgan fingerprint density at radius 3 is 3.00 bits per heavy atom. The van der Waals surface area contributed by atoms with Crippen LogP contribution in [0.4, 0.5) is 4.39 Å². The summed E-state index contributed by atoms with van der Waals surface area (Å²) in [5, 5.41) is 6.71. The molecule has 0 saturated carbocycles. The Bertz CT molecular complexity index is 853. The van der Waals surface area contributed by atoms with Crippen LogP contribution in [0, 0.1) is 5.82 Å². The Hall–Kier alpha value is -3.09. The van der Waals surface area contributed by atoms with Gasteiger partial charge in [0, 0.05) is 24.1 Å². The highest BCUT2D eigenvalue weighted by Gasteiger charge is 2.29. The number of para-hydroxylation sites is 1. The van der Waals surface area contributed by atoms with E-state index in [1.54, 1.807) is 12.1 Å². The molecule has 6 nitrogen and oxygen atoms in total. The zero-order valence-corrected chi connectivity index (χ0v) is 13.2. The lowest BCUT2D eigenvalue weighted by molar-refractivity contribution is -0.131. The number of rotatable bonds is 4. The highest BCUT2D eigenvalue weighted by Crippen LogP contribution is 2.35. The molecule has 0 aromatic heterocycles. The molecule has 2 aromatic carbocycles. The Kier molecular flexibility index (Phi) is 3.97. The van der Waals surface area contributed by atoms with E-state index in [-0.39, 0.29) is 18.5 Å². The Morgan fingerprint density at radius 2 is 2.12 bits per heavy atom. The number of hydrogen-bond donors (Lipinski definition) is 1. The van der Waals surface area contributed by atoms with Crippen molar-refractivity contribution in [2.45, 2.75) is 19.1 Å². The van der Waals surface area contributed by atoms with E-state index in [0.717, 1.165) is 5.56 Å². The lowest BCUT2D eigenvalue weighted by Gasteiger charge is -2.11. The van der Waals surface area contributed by atoms with Gasteiger partial charge in [0.15, 0.2) is 11.5 Å². The van der Waals surface area contributed by atoms with Crippen LogP contribution in [0.3, 0.4) is 0 Å². The van der Waals surface area contributed by atoms with Crippen LogP contribution < -0.4 is 14.8 Å². The standard InChI is InChI=1S/C18H15FN2O4/c19-13-5-1-3-11(7-13)14-8-16(25-21-14)18(22)20-9-12-4-2-6-15-17(12)24-10-23-15/h1-7,16H,8-10H2,(H,20,22)/t16-/m0/s1. The summed E-state index contributed by atoms with van der Waals surface area (Å²) in [6.07, 6.45) is -0.436. The van der Waals surface area contributed by atoms with E-state index in [0.29, 0.717) is 35.7 Å². The number of carbonyl (C=O) groups is 1. The number of oxime groups is 1. The van der Waals surface area contributed by atoms with Crippen LogP contribution >= 0.6 is 0 Å². The molecular weight excluding hydrogens is 327 g/mol. The van der Waals surface area contributed by atoms with Crippen molar-refractivity contribution in [1.82, 2.24) is 5.32 Å². The number of hydrogen-bond acceptors (Lipinski definition) is 5. The second-order valence-corrected chi connectivity index (χ2v) is 5.72. The zero-order valence-electron chi connectivity index (χ0n) is 13.2. The van der Waals surface area contributed by atoms with E-state index in [4.69, 9.17) is 14.3 Å². The molecule has 2 aliphatic heterocycles. The lowest BCUT2D eigenvalue weighted by Crippen LogP contribution is -2.34. The van der Waals surface area contributed by atoms with Crippen molar-refractivity contribution in [1.29, 1.82) is 0 Å². The fraction of sp³-hybridized carbons (Fsp3) is 0.222. The Balaban J connectivity index is 1.37. The van der Waals surface area contributed by atoms with Gasteiger partial charge in [0.25, 0.3) is 5.91 Å². The van der Waals surface area contributed by atoms with Crippen LogP contribution in [-0.2, 0) is 16.2 Å². The average molecular weight is 342 g/mol. The van der Waals surface area contributed by atoms with Crippen molar-refractivity contribution in [2.24, 2.45) is 5.16 Å². The number of benzene rings is 2. The van der Waals surface area contributed by atoms with Gasteiger partial charge in [-0.25, -0.2) is 4.39 Å². The number of halogens is 1. The second-order valence-electron chi connectivity index (χ2n) is 5.72. The Morgan fingerprint density at radius 1 is 1.24 bits per heavy atom. The number of ether oxygens (including phenoxy) is 2. The predicted octanol–water partition coefficient (Wildman–Crippen LogP) is 2.36. The lowest BCUT2D eigenvalue weighted by atomic mass is 10.0. The fourth-order valence-corrected chi connectivity index (χ4v) is 2.78. The molecule has 0 bridgehead atoms. The van der Waals surface area contributed by atoms with Crippen LogP contribution in [-0.4, -0.2) is 24.5 Å². The summed E-state index contributed by atoms with van der Waals surface area (Å²) < 4.78 is 24.0. The molecule has 0 aliphatic carbocycles. The number of amides is 1. The maximum Gasteiger partial charge on any atom is 0.264 e. The first-order valence-electron chi connectivity index (χ1n) is 7.84. The highest BCUT2D eigenvalue weighted by molar-refractivity contribution is 6.04. The van der Waals surface area contributed by atoms with Gasteiger partial charge in [-0.05, 0) is 18.2 Å². The molecule has 7 heteroatoms. The van der Waals surface area contributed by atoms with Gasteiger partial charge in [-0.1, -0.05) is 29.4 Å². The van der Waals surface area contributed by atoms with Crippen LogP contribution in [0.2, 0.25) is 0 Å². The molecule has 1 amide bonds. The summed E-state index contributed by atoms with van der Waals surface area (Å²) in [4.78, 5) is 17.5. The van der Waals surface area contributed by atoms with E-state index in [2.05, 4.69) is 10.5 Å². The molecule has 1 atom stereocenters. The van der Waals surface area contributed by atoms with Crippen molar-refractivity contribution in [3.05, 3.63) is 59.4 Å². The van der Waals surface area contributed by atoms with Crippen molar-refractivity contribution >= 4 is 11.6 Å². The molecular formula is C18H15FN2O4. The number of nitrogens with one attached hydrogen (secondary N) is 1. The Labute approximate surface area is 143 Å². The molecule has 0 radical (unpaired) electrons. The zero-order chi connectivity index (χ0) is 17.2. The first kappa shape index (κ1) is 15.4. The summed E-state index contributed by atoms with van der Waals surface area (Å²) in [6.45, 7) is 0.470. The monoisotopic (exact) mass is 342 g/mol. The third-order valence-corrected chi connectivity index (χ3v) is 4.05. The summed E-state index contributed by atoms with van der Waals surface area (Å²) in [7, 11) is 0. The van der Waals surface area contributed by atoms with E-state index in [1.807, 2.05) is 18.2 Å². The van der Waals surface area contributed by atoms with Crippen LogP contribution in [0.25, 0.3) is 0 Å². The quantitative estimate of drug-likeness (QED) is 0.926. The van der Waals surface area contributed by atoms with E-state index in [9.17, 15) is 9.18 Å². The summed E-state index contributed by atoms with van der Waals surface area (Å²) >= 11 is 0. The second kappa shape index (κ2) is 6.43. The minimum absolute atomic E-state index is 0.177. The molecule has 0 unspecified atom stereocenters. The van der Waals surface area contributed by atoms with E-state index in [1.165, 1.54) is 12.1 Å². The van der Waals surface area contributed by atoms with Crippen LogP contribution in [0.15, 0.2) is 47.6 Å². The molecule has 1 N–H and O–H groups in total. The molecule has 0 saturated heterocycles. The molecule has 4 rings (SSSR count). The smallest absolute Gasteiger partial charge is 0.264 e. The number of nitrogens with zero attached hydrogens (tertiary/aromatic N) is 1. The topological polar surface area (TPSA) is 69.2 Å². The van der Waals surface area contributed by atoms with Gasteiger partial charge >= 0.3 is 0 Å². The maximum atomic E-state index is 13.3. The third kappa shape index (κ3) is 3.13. The van der Waals surface area contributed by atoms with Gasteiger partial charge in [-0.2, -0.15) is 0 Å². The summed E-state index contributed by atoms with van der Waals surface area (Å²) in [5.41, 5.74) is 1.99. The first-order valence-corrected chi connectivity index (χ1v) is 7.84. The minimum Gasteiger partial charge on any atom is -0.454 e. The van der Waals surface area contributed by atoms with Gasteiger partial charge in [0.05, 0.1) is 5.71 Å². The minimum atomic E-state index is -0.729. The van der Waals surface area contributed by atoms with Gasteiger partial charge in [0.1, 0.15) is 5.82 Å². The predicted molar refractivity (Wildman–Crippen MR) is 86.8 cm³/mol. The largest absolute Gasteiger partial charge is 0.454 e.